The number of aliphatic carboxylic acids is 4. The number of phosphoric ester groups is 1. The molecule has 0 heterocycles. The van der Waals surface area contributed by atoms with E-state index in [-0.39, 0.29) is 59.6 Å². The van der Waals surface area contributed by atoms with Crippen molar-refractivity contribution < 1.29 is 103 Å². The number of hydrogen-bond donors (Lipinski definition) is 1. The van der Waals surface area contributed by atoms with E-state index in [1.807, 2.05) is 0 Å². The number of hydrogen-bond acceptors (Lipinski definition) is 15. The van der Waals surface area contributed by atoms with Crippen LogP contribution < -0.4 is 25.3 Å². The zero-order valence-corrected chi connectivity index (χ0v) is 26.7. The van der Waals surface area contributed by atoms with Crippen molar-refractivity contribution in [3.8, 4) is 0 Å². The minimum atomic E-state index is -4.91. The van der Waals surface area contributed by atoms with E-state index in [0.717, 1.165) is 46.8 Å². The predicted octanol–water partition coefficient (Wildman–Crippen LogP) is -4.67. The Morgan fingerprint density at radius 1 is 0.810 bits per heavy atom. The third-order valence-electron chi connectivity index (χ3n) is 5.67. The Bertz CT molecular complexity index is 864. The van der Waals surface area contributed by atoms with Gasteiger partial charge in [0.1, 0.15) is 0 Å². The fourth-order valence-electron chi connectivity index (χ4n) is 3.85. The van der Waals surface area contributed by atoms with Gasteiger partial charge < -0.3 is 53.9 Å². The first kappa shape index (κ1) is 42.9. The zero-order valence-electron chi connectivity index (χ0n) is 23.6. The molecule has 0 saturated carbocycles. The zero-order chi connectivity index (χ0) is 31.4. The molecule has 1 N–H and O–H groups in total. The van der Waals surface area contributed by atoms with Gasteiger partial charge >= 0.3 is 5.97 Å². The van der Waals surface area contributed by atoms with Gasteiger partial charge in [-0.3, -0.25) is 24.1 Å². The van der Waals surface area contributed by atoms with Crippen LogP contribution in [0, 0.1) is 39.9 Å². The summed E-state index contributed by atoms with van der Waals surface area (Å²) >= 11 is 0. The number of carbonyl (C=O) groups excluding carboxylic acids is 3. The molecule has 0 aromatic heterocycles. The molecule has 0 fully saturated rings. The Kier molecular flexibility index (Phi) is 24.6. The van der Waals surface area contributed by atoms with E-state index in [1.54, 1.807) is 0 Å². The molecule has 0 bridgehead atoms. The smallest absolute Gasteiger partial charge is 0.317 e. The van der Waals surface area contributed by atoms with Gasteiger partial charge in [0.15, 0.2) is 0 Å². The van der Waals surface area contributed by atoms with Crippen LogP contribution in [0.2, 0.25) is 0 Å². The van der Waals surface area contributed by atoms with E-state index >= 15 is 0 Å². The summed E-state index contributed by atoms with van der Waals surface area (Å²) < 4.78 is 22.1. The Hall–Kier alpha value is -1.27. The van der Waals surface area contributed by atoms with Crippen molar-refractivity contribution in [3.05, 3.63) is 12.3 Å². The van der Waals surface area contributed by atoms with Gasteiger partial charge in [-0.05, 0) is 6.42 Å². The predicted molar refractivity (Wildman–Crippen MR) is 133 cm³/mol. The summed E-state index contributed by atoms with van der Waals surface area (Å²) in [6.07, 6.45) is 5.17. The second-order valence-corrected chi connectivity index (χ2v) is 10.8. The van der Waals surface area contributed by atoms with E-state index in [4.69, 9.17) is 9.05 Å². The van der Waals surface area contributed by atoms with Crippen LogP contribution in [-0.2, 0) is 32.8 Å². The largest absolute Gasteiger partial charge is 0.875 e. The van der Waals surface area contributed by atoms with Gasteiger partial charge in [-0.1, -0.05) is 39.0 Å². The molecule has 0 aliphatic carbocycles. The van der Waals surface area contributed by atoms with Crippen LogP contribution in [0.5, 0.6) is 0 Å². The molecule has 42 heavy (non-hydrogen) atoms. The molecule has 0 spiro atoms. The molecular formula is C24H39GdN3O13P-5. The summed E-state index contributed by atoms with van der Waals surface area (Å²) in [6.45, 7) is -0.326. The first-order chi connectivity index (χ1) is 19.1. The number of rotatable bonds is 27. The number of carboxylic acid groups (broad SMARTS) is 4. The molecule has 0 amide bonds. The molecule has 0 aliphatic rings. The second kappa shape index (κ2) is 24.1. The fourth-order valence-corrected chi connectivity index (χ4v) is 4.63. The van der Waals surface area contributed by atoms with Crippen LogP contribution in [0.4, 0.5) is 0 Å². The van der Waals surface area contributed by atoms with Crippen LogP contribution in [0.15, 0.2) is 12.3 Å². The van der Waals surface area contributed by atoms with Crippen LogP contribution in [0.1, 0.15) is 45.4 Å². The molecule has 246 valence electrons. The Morgan fingerprint density at radius 3 is 1.83 bits per heavy atom. The van der Waals surface area contributed by atoms with Gasteiger partial charge in [0.25, 0.3) is 7.82 Å². The average Bonchev–Trinajstić information content (AvgIpc) is 2.82. The molecule has 2 unspecified atom stereocenters. The molecule has 2 atom stereocenters. The first-order valence-electron chi connectivity index (χ1n) is 13.1. The number of carbonyl (C=O) groups is 4. The van der Waals surface area contributed by atoms with Crippen LogP contribution >= 0.6 is 7.82 Å². The molecule has 16 nitrogen and oxygen atoms in total. The Balaban J connectivity index is 0. The summed E-state index contributed by atoms with van der Waals surface area (Å²) in [4.78, 5) is 60.4. The van der Waals surface area contributed by atoms with Crippen molar-refractivity contribution in [3.63, 3.8) is 0 Å². The Morgan fingerprint density at radius 2 is 1.33 bits per heavy atom. The summed E-state index contributed by atoms with van der Waals surface area (Å²) in [7, 11) is -4.91. The van der Waals surface area contributed by atoms with Crippen molar-refractivity contribution in [2.24, 2.45) is 0 Å². The quantitative estimate of drug-likeness (QED) is 0.0469. The number of nitrogens with zero attached hydrogens (tertiary/aromatic N) is 3. The third-order valence-corrected chi connectivity index (χ3v) is 6.63. The van der Waals surface area contributed by atoms with Gasteiger partial charge in [-0.15, -0.1) is 12.3 Å². The summed E-state index contributed by atoms with van der Waals surface area (Å²) in [5, 5.41) is 54.3. The molecular weight excluding hydrogens is 726 g/mol. The van der Waals surface area contributed by atoms with E-state index in [9.17, 15) is 54.2 Å². The number of carboxylic acids is 4. The fraction of sp³-hybridized carbons (Fsp3) is 0.750. The molecule has 0 radical (unpaired) electrons. The van der Waals surface area contributed by atoms with Crippen LogP contribution in [-0.4, -0.2) is 115 Å². The van der Waals surface area contributed by atoms with Crippen LogP contribution in [0.3, 0.4) is 0 Å². The average molecular weight is 766 g/mol. The maximum atomic E-state index is 12.3. The van der Waals surface area contributed by atoms with Crippen molar-refractivity contribution in [2.45, 2.75) is 51.5 Å². The molecule has 0 aromatic rings. The second-order valence-electron chi connectivity index (χ2n) is 9.40. The number of phosphoric acid groups is 1. The minimum Gasteiger partial charge on any atom is -0.875 e. The van der Waals surface area contributed by atoms with Crippen molar-refractivity contribution in [1.82, 2.24) is 14.7 Å². The van der Waals surface area contributed by atoms with Crippen molar-refractivity contribution in [2.75, 3.05) is 65.6 Å². The monoisotopic (exact) mass is 766 g/mol. The molecule has 0 saturated heterocycles. The van der Waals surface area contributed by atoms with Gasteiger partial charge in [0, 0.05) is 91.8 Å². The number of unbranched alkanes of at least 4 members (excludes halogenated alkanes) is 5. The van der Waals surface area contributed by atoms with E-state index < -0.39 is 89.4 Å². The molecule has 0 aliphatic heterocycles. The van der Waals surface area contributed by atoms with Crippen molar-refractivity contribution >= 4 is 31.7 Å². The molecule has 18 heteroatoms. The van der Waals surface area contributed by atoms with E-state index in [0.29, 0.717) is 6.42 Å². The summed E-state index contributed by atoms with van der Waals surface area (Å²) in [5.74, 6) is -6.90. The molecule has 0 aromatic carbocycles. The maximum Gasteiger partial charge on any atom is 0.317 e. The molecule has 0 rings (SSSR count). The summed E-state index contributed by atoms with van der Waals surface area (Å²) in [5.41, 5.74) is 0. The minimum absolute atomic E-state index is 0. The normalized spacial score (nSPS) is 13.5. The van der Waals surface area contributed by atoms with Gasteiger partial charge in [0.05, 0.1) is 37.7 Å². The topological polar surface area (TPSA) is 249 Å². The third kappa shape index (κ3) is 24.2. The van der Waals surface area contributed by atoms with Gasteiger partial charge in [0.2, 0.25) is 0 Å². The Labute approximate surface area is 277 Å². The van der Waals surface area contributed by atoms with Crippen molar-refractivity contribution in [1.29, 1.82) is 0 Å². The van der Waals surface area contributed by atoms with E-state index in [1.165, 1.54) is 0 Å². The van der Waals surface area contributed by atoms with Gasteiger partial charge in [-0.2, -0.15) is 0 Å². The van der Waals surface area contributed by atoms with E-state index in [2.05, 4.69) is 13.5 Å². The first-order valence-corrected chi connectivity index (χ1v) is 14.6. The SMILES string of the molecule is C=C([O-])CN(CCN(CC(=O)O)CC(COP(=O)([O-])OCCCCCCCC)N(CC(=O)[O-])CC(=O)[O-])CC(=O)[O-].[Gd]. The van der Waals surface area contributed by atoms with Crippen LogP contribution in [0.25, 0.3) is 0 Å². The maximum absolute atomic E-state index is 12.3. The summed E-state index contributed by atoms with van der Waals surface area (Å²) in [6, 6.07) is -1.34. The van der Waals surface area contributed by atoms with Gasteiger partial charge in [-0.25, -0.2) is 0 Å². The standard InChI is InChI=1S/C24H44N3O13P.Gd/c1-3-4-5-6-7-8-11-39-41(37,38)40-18-20(27(16-23(33)34)17-24(35)36)13-26(15-22(31)32)10-9-25(12-19(2)28)14-21(29)30;/h20,28H,2-18H2,1H3,(H,29,30)(H,31,32)(H,33,34)(H,35,36)(H,37,38);/p-5.